The molecule has 1 atom stereocenters. The largest absolute Gasteiger partial charge is 0.298 e. The predicted octanol–water partition coefficient (Wildman–Crippen LogP) is 3.97. The number of aldehydes is 1. The minimum atomic E-state index is 0.258. The molecule has 1 nitrogen and oxygen atoms in total. The van der Waals surface area contributed by atoms with E-state index in [9.17, 15) is 4.79 Å². The second kappa shape index (κ2) is 3.73. The summed E-state index contributed by atoms with van der Waals surface area (Å²) in [6.45, 7) is 7.07. The van der Waals surface area contributed by atoms with Crippen LogP contribution in [0.5, 0.6) is 0 Å². The van der Waals surface area contributed by atoms with Gasteiger partial charge in [-0.1, -0.05) is 51.5 Å². The molecule has 0 saturated heterocycles. The highest BCUT2D eigenvalue weighted by molar-refractivity contribution is 5.74. The van der Waals surface area contributed by atoms with Gasteiger partial charge in [0.25, 0.3) is 0 Å². The van der Waals surface area contributed by atoms with E-state index >= 15 is 0 Å². The molecule has 0 N–H and O–H groups in total. The molecule has 1 aromatic carbocycles. The third kappa shape index (κ3) is 1.59. The fourth-order valence-corrected chi connectivity index (χ4v) is 2.96. The van der Waals surface area contributed by atoms with Crippen LogP contribution in [-0.2, 0) is 5.41 Å². The van der Waals surface area contributed by atoms with Gasteiger partial charge in [0.15, 0.2) is 0 Å². The summed E-state index contributed by atoms with van der Waals surface area (Å²) in [7, 11) is 0. The van der Waals surface area contributed by atoms with E-state index in [0.29, 0.717) is 5.41 Å². The van der Waals surface area contributed by atoms with Crippen molar-refractivity contribution in [2.24, 2.45) is 5.41 Å². The van der Waals surface area contributed by atoms with Gasteiger partial charge in [-0.15, -0.1) is 0 Å². The maximum Gasteiger partial charge on any atom is 0.150 e. The average Bonchev–Trinajstić information content (AvgIpc) is 2.55. The summed E-state index contributed by atoms with van der Waals surface area (Å²) < 4.78 is 0. The highest BCUT2D eigenvalue weighted by Gasteiger charge is 2.45. The average molecular weight is 216 g/mol. The zero-order valence-corrected chi connectivity index (χ0v) is 10.4. The van der Waals surface area contributed by atoms with Gasteiger partial charge in [-0.25, -0.2) is 0 Å². The van der Waals surface area contributed by atoms with Crippen molar-refractivity contribution in [3.63, 3.8) is 0 Å². The molecule has 0 spiro atoms. The van der Waals surface area contributed by atoms with Crippen LogP contribution in [0.15, 0.2) is 24.3 Å². The van der Waals surface area contributed by atoms with Gasteiger partial charge in [-0.3, -0.25) is 4.79 Å². The highest BCUT2D eigenvalue weighted by atomic mass is 16.1. The molecular formula is C15H20O. The Balaban J connectivity index is 2.39. The van der Waals surface area contributed by atoms with Crippen LogP contribution in [0.3, 0.4) is 0 Å². The Kier molecular flexibility index (Phi) is 2.65. The fourth-order valence-electron chi connectivity index (χ4n) is 2.96. The number of rotatable bonds is 2. The quantitative estimate of drug-likeness (QED) is 0.684. The summed E-state index contributed by atoms with van der Waals surface area (Å²) in [6, 6.07) is 8.11. The van der Waals surface area contributed by atoms with Gasteiger partial charge in [0, 0.05) is 5.56 Å². The molecule has 0 amide bonds. The lowest BCUT2D eigenvalue weighted by Gasteiger charge is -2.39. The molecule has 0 unspecified atom stereocenters. The van der Waals surface area contributed by atoms with Crippen molar-refractivity contribution in [3.05, 3.63) is 35.4 Å². The maximum atomic E-state index is 10.6. The van der Waals surface area contributed by atoms with Crippen LogP contribution in [-0.4, -0.2) is 6.29 Å². The van der Waals surface area contributed by atoms with E-state index in [2.05, 4.69) is 32.9 Å². The molecule has 86 valence electrons. The lowest BCUT2D eigenvalue weighted by atomic mass is 9.65. The summed E-state index contributed by atoms with van der Waals surface area (Å²) in [5.74, 6) is 0. The van der Waals surface area contributed by atoms with E-state index in [-0.39, 0.29) is 5.41 Å². The van der Waals surface area contributed by atoms with Crippen LogP contribution in [0.2, 0.25) is 0 Å². The van der Waals surface area contributed by atoms with Crippen LogP contribution in [0, 0.1) is 5.41 Å². The van der Waals surface area contributed by atoms with Crippen LogP contribution < -0.4 is 0 Å². The molecular weight excluding hydrogens is 196 g/mol. The third-order valence-electron chi connectivity index (χ3n) is 4.66. The highest BCUT2D eigenvalue weighted by Crippen LogP contribution is 2.53. The van der Waals surface area contributed by atoms with Crippen molar-refractivity contribution in [2.75, 3.05) is 0 Å². The summed E-state index contributed by atoms with van der Waals surface area (Å²) in [5, 5.41) is 0. The van der Waals surface area contributed by atoms with Gasteiger partial charge in [-0.05, 0) is 29.2 Å². The van der Waals surface area contributed by atoms with Gasteiger partial charge < -0.3 is 0 Å². The normalized spacial score (nSPS) is 27.9. The number of carbonyl (C=O) groups excluding carboxylic acids is 1. The summed E-state index contributed by atoms with van der Waals surface area (Å²) in [6.07, 6.45) is 4.75. The predicted molar refractivity (Wildman–Crippen MR) is 66.8 cm³/mol. The fraction of sp³-hybridized carbons (Fsp3) is 0.533. The van der Waals surface area contributed by atoms with Gasteiger partial charge in [0.2, 0.25) is 0 Å². The minimum Gasteiger partial charge on any atom is -0.298 e. The summed E-state index contributed by atoms with van der Waals surface area (Å²) in [5.41, 5.74) is 2.76. The van der Waals surface area contributed by atoms with Gasteiger partial charge in [-0.2, -0.15) is 0 Å². The van der Waals surface area contributed by atoms with Crippen molar-refractivity contribution in [2.45, 2.75) is 45.4 Å². The number of hydrogen-bond donors (Lipinski definition) is 0. The monoisotopic (exact) mass is 216 g/mol. The Hall–Kier alpha value is -1.11. The maximum absolute atomic E-state index is 10.6. The van der Waals surface area contributed by atoms with E-state index < -0.39 is 0 Å². The van der Waals surface area contributed by atoms with E-state index in [1.165, 1.54) is 24.8 Å². The molecule has 1 aromatic rings. The van der Waals surface area contributed by atoms with E-state index in [1.807, 2.05) is 12.1 Å². The van der Waals surface area contributed by atoms with Crippen molar-refractivity contribution in [3.8, 4) is 0 Å². The first-order chi connectivity index (χ1) is 7.49. The number of benzene rings is 1. The van der Waals surface area contributed by atoms with Crippen LogP contribution in [0.4, 0.5) is 0 Å². The summed E-state index contributed by atoms with van der Waals surface area (Å²) in [4.78, 5) is 10.6. The van der Waals surface area contributed by atoms with E-state index in [0.717, 1.165) is 11.8 Å². The second-order valence-electron chi connectivity index (χ2n) is 5.81. The van der Waals surface area contributed by atoms with Crippen molar-refractivity contribution in [1.82, 2.24) is 0 Å². The zero-order chi connectivity index (χ0) is 11.8. The lowest BCUT2D eigenvalue weighted by Crippen LogP contribution is -2.33. The molecule has 0 aliphatic heterocycles. The first-order valence-corrected chi connectivity index (χ1v) is 6.05. The Morgan fingerprint density at radius 2 is 1.69 bits per heavy atom. The summed E-state index contributed by atoms with van der Waals surface area (Å²) >= 11 is 0. The molecule has 0 bridgehead atoms. The van der Waals surface area contributed by atoms with Crippen LogP contribution >= 0.6 is 0 Å². The molecule has 0 heterocycles. The van der Waals surface area contributed by atoms with Gasteiger partial charge in [0.05, 0.1) is 0 Å². The minimum absolute atomic E-state index is 0.258. The first-order valence-electron chi connectivity index (χ1n) is 6.05. The molecule has 1 aliphatic rings. The van der Waals surface area contributed by atoms with E-state index in [1.54, 1.807) is 0 Å². The second-order valence-corrected chi connectivity index (χ2v) is 5.81. The van der Waals surface area contributed by atoms with Crippen molar-refractivity contribution < 1.29 is 4.79 Å². The number of carbonyl (C=O) groups is 1. The van der Waals surface area contributed by atoms with Crippen molar-refractivity contribution in [1.29, 1.82) is 0 Å². The molecule has 2 rings (SSSR count). The smallest absolute Gasteiger partial charge is 0.150 e. The zero-order valence-electron chi connectivity index (χ0n) is 10.4. The first kappa shape index (κ1) is 11.4. The molecule has 0 aromatic heterocycles. The Bertz CT molecular complexity index is 388. The molecule has 1 saturated carbocycles. The van der Waals surface area contributed by atoms with E-state index in [4.69, 9.17) is 0 Å². The molecule has 1 fully saturated rings. The Morgan fingerprint density at radius 3 is 2.12 bits per heavy atom. The SMILES string of the molecule is CC1(C)CCC[C@@]1(C)c1ccc(C=O)cc1. The topological polar surface area (TPSA) is 17.1 Å². The third-order valence-corrected chi connectivity index (χ3v) is 4.66. The molecule has 0 radical (unpaired) electrons. The molecule has 16 heavy (non-hydrogen) atoms. The molecule has 1 aliphatic carbocycles. The van der Waals surface area contributed by atoms with Gasteiger partial charge >= 0.3 is 0 Å². The number of hydrogen-bond acceptors (Lipinski definition) is 1. The van der Waals surface area contributed by atoms with Crippen LogP contribution in [0.25, 0.3) is 0 Å². The van der Waals surface area contributed by atoms with Crippen molar-refractivity contribution >= 4 is 6.29 Å². The van der Waals surface area contributed by atoms with Gasteiger partial charge in [0.1, 0.15) is 6.29 Å². The molecule has 1 heteroatoms. The Labute approximate surface area is 97.9 Å². The van der Waals surface area contributed by atoms with Crippen LogP contribution in [0.1, 0.15) is 56.0 Å². The lowest BCUT2D eigenvalue weighted by molar-refractivity contribution is 0.112. The standard InChI is InChI=1S/C15H20O/c1-14(2)9-4-10-15(14,3)13-7-5-12(11-16)6-8-13/h5-8,11H,4,9-10H2,1-3H3/t15-/m0/s1. The Morgan fingerprint density at radius 1 is 1.06 bits per heavy atom.